The van der Waals surface area contributed by atoms with E-state index in [1.807, 2.05) is 0 Å². The summed E-state index contributed by atoms with van der Waals surface area (Å²) in [5.74, 6) is 1.10. The Morgan fingerprint density at radius 2 is 1.27 bits per heavy atom. The molecule has 3 aromatic rings. The van der Waals surface area contributed by atoms with Crippen LogP contribution in [-0.2, 0) is 0 Å². The summed E-state index contributed by atoms with van der Waals surface area (Å²) in [4.78, 5) is 0. The lowest BCUT2D eigenvalue weighted by atomic mass is 9.84. The zero-order valence-corrected chi connectivity index (χ0v) is 18.5. The van der Waals surface area contributed by atoms with E-state index in [0.29, 0.717) is 11.8 Å². The molecule has 2 aliphatic carbocycles. The molecule has 2 atom stereocenters. The number of hydrogen-bond donors (Lipinski definition) is 0. The largest absolute Gasteiger partial charge is 0.0652 e. The minimum atomic E-state index is 0.534. The lowest BCUT2D eigenvalue weighted by molar-refractivity contribution is 0.611. The van der Waals surface area contributed by atoms with Crippen LogP contribution in [0.15, 0.2) is 71.8 Å². The van der Waals surface area contributed by atoms with Crippen molar-refractivity contribution in [3.8, 4) is 11.1 Å². The maximum absolute atomic E-state index is 2.44. The molecular weight excluding hydrogens is 360 g/mol. The number of aryl methyl sites for hydroxylation is 2. The molecule has 0 heterocycles. The minimum Gasteiger partial charge on any atom is -0.0652 e. The van der Waals surface area contributed by atoms with E-state index in [-0.39, 0.29) is 0 Å². The highest BCUT2D eigenvalue weighted by Gasteiger charge is 2.28. The normalized spacial score (nSPS) is 19.3. The molecule has 150 valence electrons. The average molecular weight is 391 g/mol. The van der Waals surface area contributed by atoms with Crippen molar-refractivity contribution < 1.29 is 0 Å². The summed E-state index contributed by atoms with van der Waals surface area (Å²) in [6.07, 6.45) is 7.24. The van der Waals surface area contributed by atoms with Crippen molar-refractivity contribution in [2.45, 2.75) is 52.4 Å². The third-order valence-electron chi connectivity index (χ3n) is 7.02. The summed E-state index contributed by atoms with van der Waals surface area (Å²) < 4.78 is 0. The Hall–Kier alpha value is -2.86. The molecule has 0 aromatic heterocycles. The molecule has 0 heteroatoms. The van der Waals surface area contributed by atoms with Crippen molar-refractivity contribution in [1.29, 1.82) is 0 Å². The molecule has 0 bridgehead atoms. The number of allylic oxidation sites excluding steroid dienone is 2. The quantitative estimate of drug-likeness (QED) is 0.419. The molecule has 0 aliphatic heterocycles. The number of rotatable bonds is 4. The Balaban J connectivity index is 1.44. The highest BCUT2D eigenvalue weighted by molar-refractivity contribution is 5.82. The Labute approximate surface area is 181 Å². The van der Waals surface area contributed by atoms with Gasteiger partial charge in [0.2, 0.25) is 0 Å². The summed E-state index contributed by atoms with van der Waals surface area (Å²) in [6.45, 7) is 9.01. The van der Waals surface area contributed by atoms with E-state index in [9.17, 15) is 0 Å². The van der Waals surface area contributed by atoms with Crippen molar-refractivity contribution in [3.05, 3.63) is 105 Å². The van der Waals surface area contributed by atoms with Gasteiger partial charge in [-0.2, -0.15) is 0 Å². The predicted molar refractivity (Wildman–Crippen MR) is 130 cm³/mol. The molecule has 0 N–H and O–H groups in total. The van der Waals surface area contributed by atoms with Gasteiger partial charge in [-0.25, -0.2) is 0 Å². The first kappa shape index (κ1) is 19.1. The van der Waals surface area contributed by atoms with Crippen LogP contribution in [0.5, 0.6) is 0 Å². The molecule has 0 saturated heterocycles. The second-order valence-corrected chi connectivity index (χ2v) is 9.27. The van der Waals surface area contributed by atoms with Crippen LogP contribution < -0.4 is 0 Å². The number of benzene rings is 3. The molecule has 2 unspecified atom stereocenters. The van der Waals surface area contributed by atoms with Crippen molar-refractivity contribution in [2.24, 2.45) is 0 Å². The van der Waals surface area contributed by atoms with Gasteiger partial charge in [-0.1, -0.05) is 95.1 Å². The summed E-state index contributed by atoms with van der Waals surface area (Å²) in [6, 6.07) is 22.7. The smallest absolute Gasteiger partial charge is 0.00552 e. The fraction of sp³-hybridized carbons (Fsp3) is 0.267. The van der Waals surface area contributed by atoms with Crippen molar-refractivity contribution in [1.82, 2.24) is 0 Å². The third-order valence-corrected chi connectivity index (χ3v) is 7.02. The van der Waals surface area contributed by atoms with Crippen LogP contribution in [0.3, 0.4) is 0 Å². The zero-order chi connectivity index (χ0) is 20.8. The molecular formula is C30H30. The van der Waals surface area contributed by atoms with Gasteiger partial charge in [-0.05, 0) is 73.9 Å². The SMILES string of the molecule is CC1=Cc2ccccc2C1CCC1C(C)=Cc2c(-c3cc(C)cc(C)c3)cccc21. The van der Waals surface area contributed by atoms with Gasteiger partial charge in [-0.15, -0.1) is 0 Å². The lowest BCUT2D eigenvalue weighted by Gasteiger charge is -2.20. The van der Waals surface area contributed by atoms with E-state index in [4.69, 9.17) is 0 Å². The van der Waals surface area contributed by atoms with Gasteiger partial charge in [0.25, 0.3) is 0 Å². The van der Waals surface area contributed by atoms with E-state index in [1.165, 1.54) is 68.5 Å². The highest BCUT2D eigenvalue weighted by Crippen LogP contribution is 2.46. The van der Waals surface area contributed by atoms with Crippen LogP contribution in [-0.4, -0.2) is 0 Å². The van der Waals surface area contributed by atoms with E-state index in [0.717, 1.165) is 0 Å². The van der Waals surface area contributed by atoms with Crippen LogP contribution in [0.4, 0.5) is 0 Å². The van der Waals surface area contributed by atoms with Crippen LogP contribution in [0.25, 0.3) is 23.3 Å². The van der Waals surface area contributed by atoms with Gasteiger partial charge in [0.1, 0.15) is 0 Å². The van der Waals surface area contributed by atoms with Crippen LogP contribution in [0.2, 0.25) is 0 Å². The van der Waals surface area contributed by atoms with E-state index in [1.54, 1.807) is 0 Å². The second kappa shape index (κ2) is 7.43. The second-order valence-electron chi connectivity index (χ2n) is 9.27. The summed E-state index contributed by atoms with van der Waals surface area (Å²) >= 11 is 0. The van der Waals surface area contributed by atoms with Crippen molar-refractivity contribution in [2.75, 3.05) is 0 Å². The minimum absolute atomic E-state index is 0.534. The molecule has 0 radical (unpaired) electrons. The first-order valence-corrected chi connectivity index (χ1v) is 11.2. The van der Waals surface area contributed by atoms with E-state index in [2.05, 4.69) is 101 Å². The predicted octanol–water partition coefficient (Wildman–Crippen LogP) is 8.45. The average Bonchev–Trinajstić information content (AvgIpc) is 3.20. The monoisotopic (exact) mass is 390 g/mol. The molecule has 30 heavy (non-hydrogen) atoms. The summed E-state index contributed by atoms with van der Waals surface area (Å²) in [5.41, 5.74) is 14.3. The van der Waals surface area contributed by atoms with Crippen LogP contribution >= 0.6 is 0 Å². The van der Waals surface area contributed by atoms with Crippen molar-refractivity contribution in [3.63, 3.8) is 0 Å². The molecule has 0 spiro atoms. The van der Waals surface area contributed by atoms with Crippen molar-refractivity contribution >= 4 is 12.2 Å². The Bertz CT molecular complexity index is 1170. The zero-order valence-electron chi connectivity index (χ0n) is 18.5. The standard InChI is InChI=1S/C30H30/c1-19-14-20(2)16-24(15-19)28-10-7-11-29-26(22(4)18-30(28)29)13-12-25-21(3)17-23-8-5-6-9-27(23)25/h5-11,14-18,25-26H,12-13H2,1-4H3. The van der Waals surface area contributed by atoms with E-state index < -0.39 is 0 Å². The molecule has 0 nitrogen and oxygen atoms in total. The first-order valence-electron chi connectivity index (χ1n) is 11.2. The molecule has 0 saturated carbocycles. The Morgan fingerprint density at radius 3 is 2.03 bits per heavy atom. The molecule has 0 fully saturated rings. The van der Waals surface area contributed by atoms with Gasteiger partial charge in [-0.3, -0.25) is 0 Å². The van der Waals surface area contributed by atoms with Gasteiger partial charge < -0.3 is 0 Å². The molecule has 2 aliphatic rings. The van der Waals surface area contributed by atoms with E-state index >= 15 is 0 Å². The van der Waals surface area contributed by atoms with Gasteiger partial charge in [0.15, 0.2) is 0 Å². The maximum Gasteiger partial charge on any atom is 0.00552 e. The number of fused-ring (bicyclic) bond motifs is 2. The van der Waals surface area contributed by atoms with Gasteiger partial charge in [0.05, 0.1) is 0 Å². The first-order chi connectivity index (χ1) is 14.5. The fourth-order valence-electron chi connectivity index (χ4n) is 5.65. The Morgan fingerprint density at radius 1 is 0.633 bits per heavy atom. The van der Waals surface area contributed by atoms with Crippen LogP contribution in [0, 0.1) is 13.8 Å². The van der Waals surface area contributed by atoms with Gasteiger partial charge >= 0.3 is 0 Å². The summed E-state index contributed by atoms with van der Waals surface area (Å²) in [7, 11) is 0. The molecule has 0 amide bonds. The van der Waals surface area contributed by atoms with Gasteiger partial charge in [0, 0.05) is 11.8 Å². The lowest BCUT2D eigenvalue weighted by Crippen LogP contribution is -2.03. The fourth-order valence-corrected chi connectivity index (χ4v) is 5.65. The highest BCUT2D eigenvalue weighted by atomic mass is 14.3. The maximum atomic E-state index is 2.44. The topological polar surface area (TPSA) is 0 Å². The summed E-state index contributed by atoms with van der Waals surface area (Å²) in [5, 5.41) is 0. The van der Waals surface area contributed by atoms with Crippen LogP contribution in [0.1, 0.15) is 71.9 Å². The molecule has 5 rings (SSSR count). The Kier molecular flexibility index (Phi) is 4.74. The molecule has 3 aromatic carbocycles. The third kappa shape index (κ3) is 3.25. The number of hydrogen-bond acceptors (Lipinski definition) is 0.